The molecule has 1 amide bonds. The molecule has 0 fully saturated rings. The number of carbonyl (C=O) groups is 1. The Kier molecular flexibility index (Phi) is 1.36. The number of aromatic hydroxyl groups is 1. The molecule has 1 aromatic heterocycles. The average molecular weight is 166 g/mol. The van der Waals surface area contributed by atoms with Gasteiger partial charge in [-0.1, -0.05) is 0 Å². The smallest absolute Gasteiger partial charge is 0.263 e. The maximum atomic E-state index is 10.8. The van der Waals surface area contributed by atoms with Crippen LogP contribution in [0.4, 0.5) is 5.82 Å². The van der Waals surface area contributed by atoms with Crippen LogP contribution in [-0.2, 0) is 4.79 Å². The van der Waals surface area contributed by atoms with Gasteiger partial charge in [0.2, 0.25) is 0 Å². The van der Waals surface area contributed by atoms with Crippen molar-refractivity contribution in [2.24, 2.45) is 0 Å². The predicted octanol–water partition coefficient (Wildman–Crippen LogP) is 0.118. The van der Waals surface area contributed by atoms with E-state index in [0.29, 0.717) is 11.6 Å². The van der Waals surface area contributed by atoms with Crippen LogP contribution in [0.25, 0.3) is 0 Å². The lowest BCUT2D eigenvalue weighted by molar-refractivity contribution is -0.118. The van der Waals surface area contributed by atoms with Crippen molar-refractivity contribution in [2.45, 2.75) is 0 Å². The van der Waals surface area contributed by atoms with Gasteiger partial charge >= 0.3 is 0 Å². The lowest BCUT2D eigenvalue weighted by Gasteiger charge is -2.15. The Morgan fingerprint density at radius 1 is 1.67 bits per heavy atom. The number of ether oxygens (including phenoxy) is 1. The number of hydrogen-bond acceptors (Lipinski definition) is 4. The van der Waals surface area contributed by atoms with Crippen LogP contribution >= 0.6 is 0 Å². The van der Waals surface area contributed by atoms with E-state index in [1.807, 2.05) is 0 Å². The molecule has 0 unspecified atom stereocenters. The van der Waals surface area contributed by atoms with E-state index in [0.717, 1.165) is 0 Å². The number of carbonyl (C=O) groups excluding carboxylic acids is 1. The maximum Gasteiger partial charge on any atom is 0.263 e. The minimum absolute atomic E-state index is 0.0184. The van der Waals surface area contributed by atoms with Crippen molar-refractivity contribution in [3.05, 3.63) is 12.3 Å². The van der Waals surface area contributed by atoms with Crippen molar-refractivity contribution in [1.82, 2.24) is 4.98 Å². The van der Waals surface area contributed by atoms with E-state index in [-0.39, 0.29) is 18.3 Å². The van der Waals surface area contributed by atoms with Crippen molar-refractivity contribution in [3.8, 4) is 11.5 Å². The van der Waals surface area contributed by atoms with E-state index < -0.39 is 0 Å². The van der Waals surface area contributed by atoms with Gasteiger partial charge in [-0.3, -0.25) is 4.79 Å². The van der Waals surface area contributed by atoms with E-state index >= 15 is 0 Å². The molecule has 12 heavy (non-hydrogen) atoms. The summed E-state index contributed by atoms with van der Waals surface area (Å²) in [5.41, 5.74) is 0. The van der Waals surface area contributed by atoms with Gasteiger partial charge in [-0.05, 0) is 0 Å². The third kappa shape index (κ3) is 1.05. The third-order valence-corrected chi connectivity index (χ3v) is 1.45. The normalized spacial score (nSPS) is 14.5. The van der Waals surface area contributed by atoms with Crippen LogP contribution in [0.2, 0.25) is 0 Å². The number of aromatic nitrogens is 1. The number of rotatable bonds is 0. The molecule has 0 bridgehead atoms. The predicted molar refractivity (Wildman–Crippen MR) is 40.0 cm³/mol. The zero-order valence-corrected chi connectivity index (χ0v) is 6.07. The number of fused-ring (bicyclic) bond motifs is 1. The molecule has 0 aliphatic carbocycles. The number of pyridine rings is 1. The summed E-state index contributed by atoms with van der Waals surface area (Å²) in [6, 6.07) is 1.40. The van der Waals surface area contributed by atoms with Gasteiger partial charge < -0.3 is 15.2 Å². The summed E-state index contributed by atoms with van der Waals surface area (Å²) < 4.78 is 4.98. The molecule has 0 atom stereocenters. The second-order valence-corrected chi connectivity index (χ2v) is 2.38. The second-order valence-electron chi connectivity index (χ2n) is 2.38. The zero-order chi connectivity index (χ0) is 8.55. The molecule has 1 aromatic rings. The molecule has 0 saturated carbocycles. The van der Waals surface area contributed by atoms with Crippen LogP contribution in [0.1, 0.15) is 0 Å². The fourth-order valence-corrected chi connectivity index (χ4v) is 0.950. The highest BCUT2D eigenvalue weighted by molar-refractivity contribution is 5.94. The minimum atomic E-state index is -0.235. The van der Waals surface area contributed by atoms with Crippen molar-refractivity contribution < 1.29 is 14.6 Å². The quantitative estimate of drug-likeness (QED) is 0.574. The van der Waals surface area contributed by atoms with Gasteiger partial charge in [0.05, 0.1) is 6.20 Å². The summed E-state index contributed by atoms with van der Waals surface area (Å²) in [6.45, 7) is -0.0296. The van der Waals surface area contributed by atoms with Gasteiger partial charge in [-0.2, -0.15) is 0 Å². The van der Waals surface area contributed by atoms with Crippen LogP contribution < -0.4 is 10.1 Å². The van der Waals surface area contributed by atoms with Crippen LogP contribution in [0.15, 0.2) is 12.3 Å². The summed E-state index contributed by atoms with van der Waals surface area (Å²) in [5, 5.41) is 11.5. The lowest BCUT2D eigenvalue weighted by atomic mass is 10.3. The minimum Gasteiger partial charge on any atom is -0.506 e. The van der Waals surface area contributed by atoms with Gasteiger partial charge in [0.1, 0.15) is 5.75 Å². The van der Waals surface area contributed by atoms with E-state index in [2.05, 4.69) is 10.3 Å². The largest absolute Gasteiger partial charge is 0.506 e. The summed E-state index contributed by atoms with van der Waals surface area (Å²) in [4.78, 5) is 14.5. The third-order valence-electron chi connectivity index (χ3n) is 1.45. The van der Waals surface area contributed by atoms with Crippen LogP contribution in [0.3, 0.4) is 0 Å². The molecule has 1 aliphatic rings. The molecular weight excluding hydrogens is 160 g/mol. The van der Waals surface area contributed by atoms with Gasteiger partial charge in [-0.25, -0.2) is 4.98 Å². The van der Waals surface area contributed by atoms with Crippen molar-refractivity contribution in [3.63, 3.8) is 0 Å². The SMILES string of the molecule is O=C1COc2cc(O)cnc2N1. The van der Waals surface area contributed by atoms with Gasteiger partial charge in [0.15, 0.2) is 18.2 Å². The Morgan fingerprint density at radius 3 is 3.33 bits per heavy atom. The van der Waals surface area contributed by atoms with Gasteiger partial charge in [0.25, 0.3) is 5.91 Å². The summed E-state index contributed by atoms with van der Waals surface area (Å²) in [6.07, 6.45) is 1.24. The number of hydrogen-bond donors (Lipinski definition) is 2. The molecule has 0 saturated heterocycles. The molecule has 5 nitrogen and oxygen atoms in total. The molecule has 2 N–H and O–H groups in total. The van der Waals surface area contributed by atoms with Crippen LogP contribution in [0.5, 0.6) is 11.5 Å². The Hall–Kier alpha value is -1.78. The first-order chi connectivity index (χ1) is 5.75. The molecule has 0 spiro atoms. The molecule has 1 aliphatic heterocycles. The first kappa shape index (κ1) is 6.90. The molecule has 0 radical (unpaired) electrons. The Balaban J connectivity index is 2.43. The Bertz CT molecular complexity index is 337. The Labute approximate surface area is 68.0 Å². The second kappa shape index (κ2) is 2.37. The van der Waals surface area contributed by atoms with Crippen LogP contribution in [0, 0.1) is 0 Å². The maximum absolute atomic E-state index is 10.8. The monoisotopic (exact) mass is 166 g/mol. The fourth-order valence-electron chi connectivity index (χ4n) is 0.950. The van der Waals surface area contributed by atoms with Gasteiger partial charge in [-0.15, -0.1) is 0 Å². The highest BCUT2D eigenvalue weighted by Gasteiger charge is 2.16. The van der Waals surface area contributed by atoms with Crippen molar-refractivity contribution >= 4 is 11.7 Å². The topological polar surface area (TPSA) is 71.5 Å². The van der Waals surface area contributed by atoms with Gasteiger partial charge in [0, 0.05) is 6.07 Å². The van der Waals surface area contributed by atoms with E-state index in [1.54, 1.807) is 0 Å². The highest BCUT2D eigenvalue weighted by Crippen LogP contribution is 2.27. The van der Waals surface area contributed by atoms with E-state index in [9.17, 15) is 4.79 Å². The number of nitrogens with zero attached hydrogens (tertiary/aromatic N) is 1. The fraction of sp³-hybridized carbons (Fsp3) is 0.143. The molecular formula is C7H6N2O3. The van der Waals surface area contributed by atoms with Crippen molar-refractivity contribution in [2.75, 3.05) is 11.9 Å². The molecule has 2 rings (SSSR count). The first-order valence-electron chi connectivity index (χ1n) is 3.37. The zero-order valence-electron chi connectivity index (χ0n) is 6.07. The lowest BCUT2D eigenvalue weighted by Crippen LogP contribution is -2.25. The van der Waals surface area contributed by atoms with E-state index in [1.165, 1.54) is 12.3 Å². The van der Waals surface area contributed by atoms with Crippen molar-refractivity contribution in [1.29, 1.82) is 0 Å². The molecule has 5 heteroatoms. The summed E-state index contributed by atoms with van der Waals surface area (Å²) >= 11 is 0. The standard InChI is InChI=1S/C7H6N2O3/c10-4-1-5-7(8-2-4)9-6(11)3-12-5/h1-2,10H,3H2,(H,8,9,11). The summed E-state index contributed by atoms with van der Waals surface area (Å²) in [5.74, 6) is 0.532. The molecule has 2 heterocycles. The highest BCUT2D eigenvalue weighted by atomic mass is 16.5. The van der Waals surface area contributed by atoms with Crippen LogP contribution in [-0.4, -0.2) is 22.6 Å². The molecule has 62 valence electrons. The van der Waals surface area contributed by atoms with E-state index in [4.69, 9.17) is 9.84 Å². The number of amides is 1. The number of nitrogens with one attached hydrogen (secondary N) is 1. The summed E-state index contributed by atoms with van der Waals surface area (Å²) in [7, 11) is 0. The number of anilines is 1. The molecule has 0 aromatic carbocycles. The first-order valence-corrected chi connectivity index (χ1v) is 3.37. The Morgan fingerprint density at radius 2 is 2.50 bits per heavy atom. The average Bonchev–Trinajstić information content (AvgIpc) is 2.05.